The van der Waals surface area contributed by atoms with E-state index >= 15 is 0 Å². The molecule has 2 N–H and O–H groups in total. The lowest BCUT2D eigenvalue weighted by atomic mass is 10.2. The Labute approximate surface area is 107 Å². The maximum atomic E-state index is 11.8. The average Bonchev–Trinajstić information content (AvgIpc) is 2.29. The van der Waals surface area contributed by atoms with Gasteiger partial charge in [0, 0.05) is 18.6 Å². The molecule has 0 saturated heterocycles. The summed E-state index contributed by atoms with van der Waals surface area (Å²) in [6.07, 6.45) is 0.479. The average molecular weight is 277 g/mol. The van der Waals surface area contributed by atoms with E-state index in [0.717, 1.165) is 5.56 Å². The zero-order valence-electron chi connectivity index (χ0n) is 9.77. The number of sulfonamides is 1. The SMILES string of the molecule is CN(Cc1ccc(Cl)cc1)S(=O)(=O)CCCN. The molecule has 0 aliphatic heterocycles. The molecule has 0 atom stereocenters. The predicted octanol–water partition coefficient (Wildman–Crippen LogP) is 1.45. The third kappa shape index (κ3) is 4.63. The number of halogens is 1. The molecule has 0 saturated carbocycles. The van der Waals surface area contributed by atoms with Gasteiger partial charge in [-0.15, -0.1) is 0 Å². The van der Waals surface area contributed by atoms with Gasteiger partial charge in [0.1, 0.15) is 0 Å². The van der Waals surface area contributed by atoms with Gasteiger partial charge in [0.15, 0.2) is 0 Å². The molecule has 1 aromatic rings. The number of hydrogen-bond acceptors (Lipinski definition) is 3. The lowest BCUT2D eigenvalue weighted by Gasteiger charge is -2.17. The lowest BCUT2D eigenvalue weighted by molar-refractivity contribution is 0.465. The van der Waals surface area contributed by atoms with E-state index in [4.69, 9.17) is 17.3 Å². The van der Waals surface area contributed by atoms with Gasteiger partial charge in [-0.1, -0.05) is 23.7 Å². The second-order valence-corrected chi connectivity index (χ2v) is 6.47. The molecule has 0 radical (unpaired) electrons. The number of benzene rings is 1. The van der Waals surface area contributed by atoms with E-state index in [1.54, 1.807) is 19.2 Å². The normalized spacial score (nSPS) is 12.0. The summed E-state index contributed by atoms with van der Waals surface area (Å²) in [5.41, 5.74) is 6.22. The van der Waals surface area contributed by atoms with Crippen LogP contribution in [0.5, 0.6) is 0 Å². The largest absolute Gasteiger partial charge is 0.330 e. The molecule has 0 bridgehead atoms. The predicted molar refractivity (Wildman–Crippen MR) is 70.4 cm³/mol. The molecule has 6 heteroatoms. The van der Waals surface area contributed by atoms with Crippen LogP contribution in [0.1, 0.15) is 12.0 Å². The lowest BCUT2D eigenvalue weighted by Crippen LogP contribution is -2.29. The summed E-state index contributed by atoms with van der Waals surface area (Å²) in [5.74, 6) is 0.0909. The maximum Gasteiger partial charge on any atom is 0.214 e. The molecular weight excluding hydrogens is 260 g/mol. The Balaban J connectivity index is 2.65. The van der Waals surface area contributed by atoms with Crippen LogP contribution in [-0.2, 0) is 16.6 Å². The van der Waals surface area contributed by atoms with E-state index in [1.165, 1.54) is 4.31 Å². The van der Waals surface area contributed by atoms with E-state index in [2.05, 4.69) is 0 Å². The fourth-order valence-electron chi connectivity index (χ4n) is 1.37. The van der Waals surface area contributed by atoms with Crippen LogP contribution in [-0.4, -0.2) is 32.1 Å². The van der Waals surface area contributed by atoms with Gasteiger partial charge in [-0.05, 0) is 30.7 Å². The summed E-state index contributed by atoms with van der Waals surface area (Å²) in [5, 5.41) is 0.641. The van der Waals surface area contributed by atoms with Gasteiger partial charge >= 0.3 is 0 Å². The smallest absolute Gasteiger partial charge is 0.214 e. The van der Waals surface area contributed by atoms with Crippen molar-refractivity contribution in [3.63, 3.8) is 0 Å². The monoisotopic (exact) mass is 276 g/mol. The second kappa shape index (κ2) is 6.35. The van der Waals surface area contributed by atoms with Gasteiger partial charge in [-0.3, -0.25) is 0 Å². The Kier molecular flexibility index (Phi) is 5.39. The van der Waals surface area contributed by atoms with Crippen LogP contribution >= 0.6 is 11.6 Å². The van der Waals surface area contributed by atoms with Gasteiger partial charge in [0.05, 0.1) is 5.75 Å². The van der Waals surface area contributed by atoms with Crippen molar-refractivity contribution >= 4 is 21.6 Å². The zero-order valence-corrected chi connectivity index (χ0v) is 11.3. The molecule has 0 unspecified atom stereocenters. The fourth-order valence-corrected chi connectivity index (χ4v) is 2.68. The van der Waals surface area contributed by atoms with E-state index in [1.807, 2.05) is 12.1 Å². The Morgan fingerprint density at radius 3 is 2.41 bits per heavy atom. The Bertz CT molecular complexity index is 445. The van der Waals surface area contributed by atoms with Crippen molar-refractivity contribution in [2.45, 2.75) is 13.0 Å². The van der Waals surface area contributed by atoms with Gasteiger partial charge in [0.25, 0.3) is 0 Å². The third-order valence-corrected chi connectivity index (χ3v) is 4.54. The highest BCUT2D eigenvalue weighted by molar-refractivity contribution is 7.89. The van der Waals surface area contributed by atoms with Crippen molar-refractivity contribution in [3.8, 4) is 0 Å². The summed E-state index contributed by atoms with van der Waals surface area (Å²) < 4.78 is 24.9. The van der Waals surface area contributed by atoms with E-state index < -0.39 is 10.0 Å². The fraction of sp³-hybridized carbons (Fsp3) is 0.455. The van der Waals surface area contributed by atoms with E-state index in [0.29, 0.717) is 24.5 Å². The van der Waals surface area contributed by atoms with Gasteiger partial charge in [0.2, 0.25) is 10.0 Å². The molecule has 0 amide bonds. The molecule has 0 heterocycles. The molecule has 0 aromatic heterocycles. The van der Waals surface area contributed by atoms with E-state index in [-0.39, 0.29) is 5.75 Å². The first kappa shape index (κ1) is 14.4. The topological polar surface area (TPSA) is 63.4 Å². The number of nitrogens with two attached hydrogens (primary N) is 1. The van der Waals surface area contributed by atoms with Crippen molar-refractivity contribution in [1.82, 2.24) is 4.31 Å². The first-order valence-electron chi connectivity index (χ1n) is 5.34. The molecule has 0 aliphatic carbocycles. The van der Waals surface area contributed by atoms with Crippen molar-refractivity contribution < 1.29 is 8.42 Å². The van der Waals surface area contributed by atoms with Crippen LogP contribution in [0.3, 0.4) is 0 Å². The number of hydrogen-bond donors (Lipinski definition) is 1. The molecule has 1 rings (SSSR count). The molecule has 0 spiro atoms. The van der Waals surface area contributed by atoms with Crippen LogP contribution in [0.4, 0.5) is 0 Å². The molecular formula is C11H17ClN2O2S. The summed E-state index contributed by atoms with van der Waals surface area (Å²) in [6, 6.07) is 7.13. The van der Waals surface area contributed by atoms with Crippen LogP contribution in [0.25, 0.3) is 0 Å². The second-order valence-electron chi connectivity index (χ2n) is 3.84. The summed E-state index contributed by atoms with van der Waals surface area (Å²) >= 11 is 5.76. The number of rotatable bonds is 6. The minimum Gasteiger partial charge on any atom is -0.330 e. The Morgan fingerprint density at radius 2 is 1.88 bits per heavy atom. The first-order chi connectivity index (χ1) is 7.95. The standard InChI is InChI=1S/C11H17ClN2O2S/c1-14(17(15,16)8-2-7-13)9-10-3-5-11(12)6-4-10/h3-6H,2,7-9,13H2,1H3. The van der Waals surface area contributed by atoms with Crippen LogP contribution in [0, 0.1) is 0 Å². The minimum absolute atomic E-state index is 0.0909. The van der Waals surface area contributed by atoms with Crippen molar-refractivity contribution in [3.05, 3.63) is 34.9 Å². The molecule has 96 valence electrons. The first-order valence-corrected chi connectivity index (χ1v) is 7.33. The van der Waals surface area contributed by atoms with Crippen molar-refractivity contribution in [1.29, 1.82) is 0 Å². The maximum absolute atomic E-state index is 11.8. The number of nitrogens with zero attached hydrogens (tertiary/aromatic N) is 1. The molecule has 1 aromatic carbocycles. The molecule has 4 nitrogen and oxygen atoms in total. The van der Waals surface area contributed by atoms with Crippen LogP contribution in [0.2, 0.25) is 5.02 Å². The highest BCUT2D eigenvalue weighted by Crippen LogP contribution is 2.12. The zero-order chi connectivity index (χ0) is 12.9. The van der Waals surface area contributed by atoms with E-state index in [9.17, 15) is 8.42 Å². The van der Waals surface area contributed by atoms with Gasteiger partial charge in [-0.2, -0.15) is 0 Å². The Morgan fingerprint density at radius 1 is 1.29 bits per heavy atom. The van der Waals surface area contributed by atoms with Crippen LogP contribution < -0.4 is 5.73 Å². The highest BCUT2D eigenvalue weighted by atomic mass is 35.5. The van der Waals surface area contributed by atoms with Crippen LogP contribution in [0.15, 0.2) is 24.3 Å². The molecule has 17 heavy (non-hydrogen) atoms. The summed E-state index contributed by atoms with van der Waals surface area (Å²) in [4.78, 5) is 0. The summed E-state index contributed by atoms with van der Waals surface area (Å²) in [7, 11) is -1.64. The molecule has 0 fully saturated rings. The van der Waals surface area contributed by atoms with Crippen molar-refractivity contribution in [2.24, 2.45) is 5.73 Å². The minimum atomic E-state index is -3.21. The third-order valence-electron chi connectivity index (χ3n) is 2.40. The quantitative estimate of drug-likeness (QED) is 0.855. The Hall–Kier alpha value is -0.620. The highest BCUT2D eigenvalue weighted by Gasteiger charge is 2.16. The van der Waals surface area contributed by atoms with Gasteiger partial charge in [-0.25, -0.2) is 12.7 Å². The summed E-state index contributed by atoms with van der Waals surface area (Å²) in [6.45, 7) is 0.734. The molecule has 0 aliphatic rings. The van der Waals surface area contributed by atoms with Gasteiger partial charge < -0.3 is 5.73 Å². The van der Waals surface area contributed by atoms with Crippen molar-refractivity contribution in [2.75, 3.05) is 19.3 Å².